The summed E-state index contributed by atoms with van der Waals surface area (Å²) >= 11 is 0. The number of hydrogen-bond acceptors (Lipinski definition) is 6. The number of ether oxygens (including phenoxy) is 3. The Labute approximate surface area is 127 Å². The fraction of sp³-hybridized carbons (Fsp3) is 0.267. The molecule has 0 bridgehead atoms. The molecule has 0 saturated carbocycles. The van der Waals surface area contributed by atoms with Crippen LogP contribution in [-0.2, 0) is 11.3 Å². The lowest BCUT2D eigenvalue weighted by Gasteiger charge is -2.25. The van der Waals surface area contributed by atoms with Gasteiger partial charge in [0, 0.05) is 6.20 Å². The van der Waals surface area contributed by atoms with Crippen molar-refractivity contribution in [1.82, 2.24) is 15.3 Å². The lowest BCUT2D eigenvalue weighted by Crippen LogP contribution is -2.43. The van der Waals surface area contributed by atoms with Crippen molar-refractivity contribution in [1.29, 1.82) is 0 Å². The van der Waals surface area contributed by atoms with E-state index in [-0.39, 0.29) is 25.1 Å². The van der Waals surface area contributed by atoms with Crippen LogP contribution in [0.4, 0.5) is 0 Å². The van der Waals surface area contributed by atoms with Gasteiger partial charge in [0.1, 0.15) is 6.61 Å². The van der Waals surface area contributed by atoms with Gasteiger partial charge in [0.05, 0.1) is 19.3 Å². The van der Waals surface area contributed by atoms with E-state index in [2.05, 4.69) is 15.3 Å². The van der Waals surface area contributed by atoms with E-state index in [9.17, 15) is 4.79 Å². The molecule has 0 spiro atoms. The van der Waals surface area contributed by atoms with Gasteiger partial charge in [-0.25, -0.2) is 4.98 Å². The highest BCUT2D eigenvalue weighted by molar-refractivity contribution is 5.81. The van der Waals surface area contributed by atoms with Gasteiger partial charge in [-0.15, -0.1) is 0 Å². The Kier molecular flexibility index (Phi) is 4.04. The quantitative estimate of drug-likeness (QED) is 0.905. The number of aromatic nitrogens is 2. The van der Waals surface area contributed by atoms with E-state index in [0.29, 0.717) is 17.2 Å². The molecule has 22 heavy (non-hydrogen) atoms. The predicted molar refractivity (Wildman–Crippen MR) is 76.8 cm³/mol. The molecular formula is C15H15N3O4. The van der Waals surface area contributed by atoms with Crippen LogP contribution >= 0.6 is 0 Å². The number of nitrogens with zero attached hydrogens (tertiary/aromatic N) is 2. The highest BCUT2D eigenvalue weighted by Gasteiger charge is 2.27. The third-order valence-electron chi connectivity index (χ3n) is 3.12. The third kappa shape index (κ3) is 3.08. The van der Waals surface area contributed by atoms with Crippen LogP contribution < -0.4 is 19.5 Å². The van der Waals surface area contributed by atoms with E-state index in [0.717, 1.165) is 0 Å². The second-order valence-electron chi connectivity index (χ2n) is 4.62. The lowest BCUT2D eigenvalue weighted by molar-refractivity contribution is -0.130. The maximum atomic E-state index is 12.1. The summed E-state index contributed by atoms with van der Waals surface area (Å²) in [5.41, 5.74) is 0.650. The Balaban J connectivity index is 1.59. The molecule has 1 atom stereocenters. The molecule has 0 radical (unpaired) electrons. The number of fused-ring (bicyclic) bond motifs is 1. The molecule has 7 nitrogen and oxygen atoms in total. The summed E-state index contributed by atoms with van der Waals surface area (Å²) in [4.78, 5) is 20.2. The number of carbonyl (C=O) groups is 1. The van der Waals surface area contributed by atoms with Crippen molar-refractivity contribution in [3.05, 3.63) is 42.2 Å². The van der Waals surface area contributed by atoms with Crippen molar-refractivity contribution in [2.45, 2.75) is 12.6 Å². The molecule has 114 valence electrons. The van der Waals surface area contributed by atoms with Crippen LogP contribution in [0.25, 0.3) is 0 Å². The van der Waals surface area contributed by atoms with Crippen molar-refractivity contribution in [2.75, 3.05) is 13.7 Å². The molecule has 1 aliphatic heterocycles. The molecule has 1 aromatic heterocycles. The molecule has 2 aromatic rings. The molecule has 0 aliphatic carbocycles. The van der Waals surface area contributed by atoms with Gasteiger partial charge in [-0.1, -0.05) is 12.1 Å². The first-order chi connectivity index (χ1) is 10.8. The fourth-order valence-corrected chi connectivity index (χ4v) is 2.01. The summed E-state index contributed by atoms with van der Waals surface area (Å²) in [5.74, 6) is 0.955. The molecule has 1 amide bonds. The third-order valence-corrected chi connectivity index (χ3v) is 3.12. The molecule has 7 heteroatoms. The summed E-state index contributed by atoms with van der Waals surface area (Å²) in [6.45, 7) is 0.440. The minimum absolute atomic E-state index is 0.177. The fourth-order valence-electron chi connectivity index (χ4n) is 2.01. The average molecular weight is 301 g/mol. The van der Waals surface area contributed by atoms with Crippen LogP contribution in [0.5, 0.6) is 17.5 Å². The van der Waals surface area contributed by atoms with Gasteiger partial charge in [0.2, 0.25) is 6.10 Å². The van der Waals surface area contributed by atoms with E-state index in [4.69, 9.17) is 14.2 Å². The van der Waals surface area contributed by atoms with Crippen LogP contribution in [0.1, 0.15) is 5.69 Å². The van der Waals surface area contributed by atoms with Crippen molar-refractivity contribution < 1.29 is 19.0 Å². The number of nitrogens with one attached hydrogen (secondary N) is 1. The van der Waals surface area contributed by atoms with Gasteiger partial charge in [-0.3, -0.25) is 4.79 Å². The van der Waals surface area contributed by atoms with Gasteiger partial charge < -0.3 is 19.5 Å². The first kappa shape index (κ1) is 14.1. The molecule has 1 unspecified atom stereocenters. The zero-order valence-corrected chi connectivity index (χ0v) is 12.0. The second-order valence-corrected chi connectivity index (χ2v) is 4.62. The van der Waals surface area contributed by atoms with Crippen molar-refractivity contribution in [2.24, 2.45) is 0 Å². The monoisotopic (exact) mass is 301 g/mol. The number of para-hydroxylation sites is 2. The van der Waals surface area contributed by atoms with Crippen LogP contribution in [0.2, 0.25) is 0 Å². The Morgan fingerprint density at radius 3 is 3.00 bits per heavy atom. The van der Waals surface area contributed by atoms with E-state index in [1.54, 1.807) is 24.4 Å². The Morgan fingerprint density at radius 2 is 2.18 bits per heavy atom. The van der Waals surface area contributed by atoms with Crippen LogP contribution in [0.15, 0.2) is 36.5 Å². The van der Waals surface area contributed by atoms with Gasteiger partial charge in [-0.05, 0) is 18.2 Å². The normalized spacial score (nSPS) is 16.0. The highest BCUT2D eigenvalue weighted by atomic mass is 16.6. The SMILES string of the molecule is COc1nccc(CNC(=O)C2COc3ccccc3O2)n1. The Morgan fingerprint density at radius 1 is 1.36 bits per heavy atom. The van der Waals surface area contributed by atoms with Crippen LogP contribution in [0.3, 0.4) is 0 Å². The van der Waals surface area contributed by atoms with Gasteiger partial charge in [0.15, 0.2) is 11.5 Å². The molecule has 0 fully saturated rings. The second kappa shape index (κ2) is 6.30. The van der Waals surface area contributed by atoms with Gasteiger partial charge in [-0.2, -0.15) is 4.98 Å². The molecule has 1 N–H and O–H groups in total. The summed E-state index contributed by atoms with van der Waals surface area (Å²) in [7, 11) is 1.49. The molecule has 2 heterocycles. The summed E-state index contributed by atoms with van der Waals surface area (Å²) in [6.07, 6.45) is 0.891. The maximum Gasteiger partial charge on any atom is 0.316 e. The van der Waals surface area contributed by atoms with Gasteiger partial charge in [0.25, 0.3) is 5.91 Å². The van der Waals surface area contributed by atoms with Crippen molar-refractivity contribution in [3.8, 4) is 17.5 Å². The summed E-state index contributed by atoms with van der Waals surface area (Å²) < 4.78 is 16.1. The Bertz CT molecular complexity index is 677. The first-order valence-electron chi connectivity index (χ1n) is 6.78. The standard InChI is InChI=1S/C15H15N3O4/c1-20-15-16-7-6-10(18-15)8-17-14(19)13-9-21-11-4-2-3-5-12(11)22-13/h2-7,13H,8-9H2,1H3,(H,17,19). The number of methoxy groups -OCH3 is 1. The number of amides is 1. The number of carbonyl (C=O) groups excluding carboxylic acids is 1. The zero-order valence-electron chi connectivity index (χ0n) is 12.0. The largest absolute Gasteiger partial charge is 0.485 e. The van der Waals surface area contributed by atoms with Gasteiger partial charge >= 0.3 is 6.01 Å². The molecule has 0 saturated heterocycles. The minimum atomic E-state index is -0.682. The smallest absolute Gasteiger partial charge is 0.316 e. The number of benzene rings is 1. The first-order valence-corrected chi connectivity index (χ1v) is 6.78. The topological polar surface area (TPSA) is 82.6 Å². The molecule has 1 aromatic carbocycles. The predicted octanol–water partition coefficient (Wildman–Crippen LogP) is 0.941. The summed E-state index contributed by atoms with van der Waals surface area (Å²) in [5, 5.41) is 2.76. The van der Waals surface area contributed by atoms with E-state index in [1.807, 2.05) is 12.1 Å². The molecule has 1 aliphatic rings. The van der Waals surface area contributed by atoms with Crippen molar-refractivity contribution in [3.63, 3.8) is 0 Å². The zero-order chi connectivity index (χ0) is 15.4. The van der Waals surface area contributed by atoms with E-state index >= 15 is 0 Å². The van der Waals surface area contributed by atoms with Crippen LogP contribution in [0, 0.1) is 0 Å². The minimum Gasteiger partial charge on any atom is -0.485 e. The maximum absolute atomic E-state index is 12.1. The van der Waals surface area contributed by atoms with E-state index < -0.39 is 6.10 Å². The number of rotatable bonds is 4. The molecule has 3 rings (SSSR count). The highest BCUT2D eigenvalue weighted by Crippen LogP contribution is 2.30. The van der Waals surface area contributed by atoms with Crippen LogP contribution in [-0.4, -0.2) is 35.7 Å². The lowest BCUT2D eigenvalue weighted by atomic mass is 10.2. The Hall–Kier alpha value is -2.83. The molecular weight excluding hydrogens is 286 g/mol. The van der Waals surface area contributed by atoms with Crippen molar-refractivity contribution >= 4 is 5.91 Å². The number of hydrogen-bond donors (Lipinski definition) is 1. The average Bonchev–Trinajstić information content (AvgIpc) is 2.59. The summed E-state index contributed by atoms with van der Waals surface area (Å²) in [6, 6.07) is 9.22. The van der Waals surface area contributed by atoms with E-state index in [1.165, 1.54) is 7.11 Å².